The van der Waals surface area contributed by atoms with Crippen LogP contribution in [-0.2, 0) is 11.8 Å². The minimum Gasteiger partial charge on any atom is -0.351 e. The lowest BCUT2D eigenvalue weighted by atomic mass is 10.2. The van der Waals surface area contributed by atoms with E-state index in [-0.39, 0.29) is 11.8 Å². The zero-order valence-electron chi connectivity index (χ0n) is 12.7. The second-order valence-corrected chi connectivity index (χ2v) is 5.06. The van der Waals surface area contributed by atoms with Gasteiger partial charge >= 0.3 is 0 Å². The number of carbonyl (C=O) groups is 2. The molecule has 0 aliphatic heterocycles. The van der Waals surface area contributed by atoms with Crippen LogP contribution in [0.15, 0.2) is 30.3 Å². The summed E-state index contributed by atoms with van der Waals surface area (Å²) >= 11 is 0. The first kappa shape index (κ1) is 14.8. The number of nitrogens with one attached hydrogen (secondary N) is 2. The number of nitrogens with zero attached hydrogens (tertiary/aromatic N) is 1. The molecule has 5 heteroatoms. The number of anilines is 2. The molecule has 21 heavy (non-hydrogen) atoms. The molecule has 0 saturated heterocycles. The molecule has 2 rings (SSSR count). The van der Waals surface area contributed by atoms with E-state index in [0.717, 1.165) is 11.4 Å². The summed E-state index contributed by atoms with van der Waals surface area (Å²) in [6, 6.07) is 8.89. The molecule has 5 nitrogen and oxygen atoms in total. The second kappa shape index (κ2) is 5.83. The third-order valence-electron chi connectivity index (χ3n) is 3.48. The lowest BCUT2D eigenvalue weighted by molar-refractivity contribution is -0.114. The molecule has 0 saturated carbocycles. The fourth-order valence-corrected chi connectivity index (χ4v) is 2.12. The summed E-state index contributed by atoms with van der Waals surface area (Å²) in [5.41, 5.74) is 4.03. The van der Waals surface area contributed by atoms with Crippen molar-refractivity contribution < 1.29 is 9.59 Å². The number of rotatable bonds is 3. The van der Waals surface area contributed by atoms with Gasteiger partial charge in [-0.2, -0.15) is 0 Å². The van der Waals surface area contributed by atoms with Gasteiger partial charge in [-0.05, 0) is 44.2 Å². The number of carbonyl (C=O) groups excluding carboxylic acids is 2. The van der Waals surface area contributed by atoms with Crippen LogP contribution in [-0.4, -0.2) is 16.4 Å². The number of hydrogen-bond donors (Lipinski definition) is 2. The topological polar surface area (TPSA) is 63.1 Å². The van der Waals surface area contributed by atoms with Gasteiger partial charge < -0.3 is 15.2 Å². The first-order valence-electron chi connectivity index (χ1n) is 6.70. The molecule has 1 aromatic carbocycles. The third-order valence-corrected chi connectivity index (χ3v) is 3.48. The van der Waals surface area contributed by atoms with Crippen molar-refractivity contribution in [2.45, 2.75) is 20.8 Å². The van der Waals surface area contributed by atoms with Crippen molar-refractivity contribution >= 4 is 23.2 Å². The molecule has 110 valence electrons. The van der Waals surface area contributed by atoms with Crippen LogP contribution in [0.25, 0.3) is 0 Å². The summed E-state index contributed by atoms with van der Waals surface area (Å²) in [4.78, 5) is 23.2. The number of aryl methyl sites for hydroxylation is 1. The average molecular weight is 285 g/mol. The Balaban J connectivity index is 2.12. The highest BCUT2D eigenvalue weighted by Crippen LogP contribution is 2.17. The number of hydrogen-bond acceptors (Lipinski definition) is 2. The second-order valence-electron chi connectivity index (χ2n) is 5.06. The summed E-state index contributed by atoms with van der Waals surface area (Å²) in [5.74, 6) is -0.259. The van der Waals surface area contributed by atoms with Crippen molar-refractivity contribution in [2.24, 2.45) is 7.05 Å². The Hall–Kier alpha value is -2.56. The normalized spacial score (nSPS) is 10.3. The number of benzene rings is 1. The quantitative estimate of drug-likeness (QED) is 0.910. The molecule has 0 atom stereocenters. The lowest BCUT2D eigenvalue weighted by Crippen LogP contribution is -2.13. The fraction of sp³-hybridized carbons (Fsp3) is 0.250. The highest BCUT2D eigenvalue weighted by molar-refractivity contribution is 6.05. The monoisotopic (exact) mass is 285 g/mol. The van der Waals surface area contributed by atoms with Crippen LogP contribution < -0.4 is 10.6 Å². The van der Waals surface area contributed by atoms with E-state index in [1.807, 2.05) is 31.5 Å². The molecule has 0 aliphatic carbocycles. The maximum absolute atomic E-state index is 12.3. The highest BCUT2D eigenvalue weighted by atomic mass is 16.2. The summed E-state index contributed by atoms with van der Waals surface area (Å²) in [5, 5.41) is 5.54. The zero-order chi connectivity index (χ0) is 15.6. The standard InChI is InChI=1S/C16H19N3O2/c1-10-9-15(11(2)19(10)4)16(21)18-14-7-5-13(6-8-14)17-12(3)20/h5-9H,1-4H3,(H,17,20)(H,18,21). The van der Waals surface area contributed by atoms with E-state index in [4.69, 9.17) is 0 Å². The van der Waals surface area contributed by atoms with Crippen LogP contribution in [0.5, 0.6) is 0 Å². The van der Waals surface area contributed by atoms with Gasteiger partial charge in [0.1, 0.15) is 0 Å². The van der Waals surface area contributed by atoms with Gasteiger partial charge in [-0.25, -0.2) is 0 Å². The summed E-state index contributed by atoms with van der Waals surface area (Å²) < 4.78 is 1.98. The Bertz CT molecular complexity index is 684. The molecule has 0 fully saturated rings. The van der Waals surface area contributed by atoms with Crippen molar-refractivity contribution in [2.75, 3.05) is 10.6 Å². The lowest BCUT2D eigenvalue weighted by Gasteiger charge is -2.07. The van der Waals surface area contributed by atoms with Crippen LogP contribution in [0.3, 0.4) is 0 Å². The third kappa shape index (κ3) is 3.31. The smallest absolute Gasteiger partial charge is 0.257 e. The van der Waals surface area contributed by atoms with Gasteiger partial charge in [-0.3, -0.25) is 9.59 Å². The van der Waals surface area contributed by atoms with E-state index >= 15 is 0 Å². The number of amides is 2. The molecule has 2 N–H and O–H groups in total. The van der Waals surface area contributed by atoms with Crippen molar-refractivity contribution in [3.05, 3.63) is 47.3 Å². The number of aromatic nitrogens is 1. The van der Waals surface area contributed by atoms with Crippen molar-refractivity contribution in [3.8, 4) is 0 Å². The molecule has 0 spiro atoms. The van der Waals surface area contributed by atoms with Crippen LogP contribution in [0.1, 0.15) is 28.7 Å². The minimum atomic E-state index is -0.136. The Morgan fingerprint density at radius 2 is 1.52 bits per heavy atom. The highest BCUT2D eigenvalue weighted by Gasteiger charge is 2.13. The summed E-state index contributed by atoms with van der Waals surface area (Å²) in [6.07, 6.45) is 0. The van der Waals surface area contributed by atoms with E-state index in [2.05, 4.69) is 10.6 Å². The van der Waals surface area contributed by atoms with Crippen molar-refractivity contribution in [1.29, 1.82) is 0 Å². The van der Waals surface area contributed by atoms with Crippen LogP contribution >= 0.6 is 0 Å². The Morgan fingerprint density at radius 1 is 1.00 bits per heavy atom. The SMILES string of the molecule is CC(=O)Nc1ccc(NC(=O)c2cc(C)n(C)c2C)cc1. The van der Waals surface area contributed by atoms with Crippen molar-refractivity contribution in [1.82, 2.24) is 4.57 Å². The largest absolute Gasteiger partial charge is 0.351 e. The van der Waals surface area contributed by atoms with Gasteiger partial charge in [0.05, 0.1) is 5.56 Å². The average Bonchev–Trinajstić information content (AvgIpc) is 2.68. The van der Waals surface area contributed by atoms with Gasteiger partial charge in [-0.15, -0.1) is 0 Å². The molecule has 1 aromatic heterocycles. The van der Waals surface area contributed by atoms with Crippen molar-refractivity contribution in [3.63, 3.8) is 0 Å². The van der Waals surface area contributed by atoms with Gasteiger partial charge in [0.25, 0.3) is 5.91 Å². The van der Waals surface area contributed by atoms with Crippen LogP contribution in [0.4, 0.5) is 11.4 Å². The van der Waals surface area contributed by atoms with E-state index in [1.54, 1.807) is 24.3 Å². The van der Waals surface area contributed by atoms with Gasteiger partial charge in [0, 0.05) is 36.7 Å². The molecule has 0 bridgehead atoms. The van der Waals surface area contributed by atoms with E-state index < -0.39 is 0 Å². The van der Waals surface area contributed by atoms with E-state index in [0.29, 0.717) is 16.9 Å². The molecule has 2 aromatic rings. The first-order chi connectivity index (χ1) is 9.88. The van der Waals surface area contributed by atoms with Gasteiger partial charge in [-0.1, -0.05) is 0 Å². The Labute approximate surface area is 124 Å². The first-order valence-corrected chi connectivity index (χ1v) is 6.70. The molecular weight excluding hydrogens is 266 g/mol. The predicted octanol–water partition coefficient (Wildman–Crippen LogP) is 2.85. The fourth-order valence-electron chi connectivity index (χ4n) is 2.12. The van der Waals surface area contributed by atoms with Crippen LogP contribution in [0, 0.1) is 13.8 Å². The minimum absolute atomic E-state index is 0.123. The van der Waals surface area contributed by atoms with E-state index in [1.165, 1.54) is 6.92 Å². The molecule has 2 amide bonds. The Kier molecular flexibility index (Phi) is 4.12. The van der Waals surface area contributed by atoms with Gasteiger partial charge in [0.15, 0.2) is 0 Å². The zero-order valence-corrected chi connectivity index (χ0v) is 12.7. The molecule has 0 aliphatic rings. The summed E-state index contributed by atoms with van der Waals surface area (Å²) in [6.45, 7) is 5.34. The summed E-state index contributed by atoms with van der Waals surface area (Å²) in [7, 11) is 1.93. The maximum Gasteiger partial charge on any atom is 0.257 e. The molecule has 0 unspecified atom stereocenters. The van der Waals surface area contributed by atoms with Crippen LogP contribution in [0.2, 0.25) is 0 Å². The molecule has 1 heterocycles. The maximum atomic E-state index is 12.3. The molecular formula is C16H19N3O2. The van der Waals surface area contributed by atoms with E-state index in [9.17, 15) is 9.59 Å². The predicted molar refractivity (Wildman–Crippen MR) is 83.6 cm³/mol. The van der Waals surface area contributed by atoms with Gasteiger partial charge in [0.2, 0.25) is 5.91 Å². The molecule has 0 radical (unpaired) electrons. The Morgan fingerprint density at radius 3 is 1.95 bits per heavy atom.